The minimum atomic E-state index is -0.275. The largest absolute Gasteiger partial charge is 0.397 e. The molecule has 0 unspecified atom stereocenters. The van der Waals surface area contributed by atoms with Crippen molar-refractivity contribution in [2.45, 2.75) is 18.9 Å². The van der Waals surface area contributed by atoms with Crippen molar-refractivity contribution in [3.8, 4) is 10.4 Å². The normalized spacial score (nSPS) is 17.8. The fourth-order valence-corrected chi connectivity index (χ4v) is 5.15. The lowest BCUT2D eigenvalue weighted by molar-refractivity contribution is 0.0114. The van der Waals surface area contributed by atoms with Gasteiger partial charge in [-0.2, -0.15) is 0 Å². The number of thiophene rings is 1. The van der Waals surface area contributed by atoms with Crippen molar-refractivity contribution in [3.05, 3.63) is 53.7 Å². The standard InChI is InChI=1S/C24H28N6O2S/c25-20-4-3-17(22-2-1-13-33-22)14-21(20)28-23(31)18-15-26-24(27-16-18)30-7-5-19(6-8-30)29-9-11-32-12-10-29/h1-4,13-16,19H,5-12,25H2,(H,28,31). The molecule has 2 aliphatic heterocycles. The molecule has 9 heteroatoms. The van der Waals surface area contributed by atoms with Gasteiger partial charge in [0.05, 0.1) is 30.2 Å². The van der Waals surface area contributed by atoms with Crippen LogP contribution in [0.2, 0.25) is 0 Å². The Kier molecular flexibility index (Phi) is 6.52. The average molecular weight is 465 g/mol. The summed E-state index contributed by atoms with van der Waals surface area (Å²) in [6.45, 7) is 5.53. The van der Waals surface area contributed by atoms with Crippen LogP contribution in [0.25, 0.3) is 10.4 Å². The van der Waals surface area contributed by atoms with Gasteiger partial charge in [-0.3, -0.25) is 9.69 Å². The number of nitrogens with two attached hydrogens (primary N) is 1. The highest BCUT2D eigenvalue weighted by molar-refractivity contribution is 7.13. The van der Waals surface area contributed by atoms with Crippen LogP contribution in [-0.4, -0.2) is 66.2 Å². The first-order valence-electron chi connectivity index (χ1n) is 11.3. The summed E-state index contributed by atoms with van der Waals surface area (Å²) in [5.41, 5.74) is 8.62. The molecule has 2 aromatic heterocycles. The zero-order valence-corrected chi connectivity index (χ0v) is 19.3. The second kappa shape index (κ2) is 9.86. The van der Waals surface area contributed by atoms with E-state index in [0.29, 0.717) is 28.9 Å². The predicted molar refractivity (Wildman–Crippen MR) is 132 cm³/mol. The Labute approximate surface area is 197 Å². The monoisotopic (exact) mass is 464 g/mol. The van der Waals surface area contributed by atoms with E-state index in [1.165, 1.54) is 0 Å². The van der Waals surface area contributed by atoms with E-state index >= 15 is 0 Å². The number of ether oxygens (including phenoxy) is 1. The van der Waals surface area contributed by atoms with Crippen LogP contribution >= 0.6 is 11.3 Å². The van der Waals surface area contributed by atoms with Gasteiger partial charge >= 0.3 is 0 Å². The van der Waals surface area contributed by atoms with E-state index in [4.69, 9.17) is 10.5 Å². The Morgan fingerprint density at radius 2 is 1.85 bits per heavy atom. The third-order valence-electron chi connectivity index (χ3n) is 6.32. The Bertz CT molecular complexity index is 1070. The first-order chi connectivity index (χ1) is 16.2. The maximum absolute atomic E-state index is 12.8. The zero-order chi connectivity index (χ0) is 22.6. The molecule has 1 amide bonds. The molecule has 2 saturated heterocycles. The molecular weight excluding hydrogens is 436 g/mol. The third-order valence-corrected chi connectivity index (χ3v) is 7.24. The second-order valence-electron chi connectivity index (χ2n) is 8.37. The average Bonchev–Trinajstić information content (AvgIpc) is 3.41. The number of nitrogen functional groups attached to an aromatic ring is 1. The molecule has 2 fully saturated rings. The van der Waals surface area contributed by atoms with Gasteiger partial charge < -0.3 is 20.7 Å². The lowest BCUT2D eigenvalue weighted by Gasteiger charge is -2.40. The van der Waals surface area contributed by atoms with Gasteiger partial charge in [-0.15, -0.1) is 11.3 Å². The van der Waals surface area contributed by atoms with E-state index in [1.807, 2.05) is 35.7 Å². The number of carbonyl (C=O) groups is 1. The topological polar surface area (TPSA) is 96.6 Å². The molecule has 8 nitrogen and oxygen atoms in total. The van der Waals surface area contributed by atoms with Gasteiger partial charge in [-0.25, -0.2) is 9.97 Å². The van der Waals surface area contributed by atoms with E-state index in [1.54, 1.807) is 23.7 Å². The Hall–Kier alpha value is -3.01. The Balaban J connectivity index is 1.20. The zero-order valence-electron chi connectivity index (χ0n) is 18.4. The fourth-order valence-electron chi connectivity index (χ4n) is 4.43. The lowest BCUT2D eigenvalue weighted by Crippen LogP contribution is -2.49. The summed E-state index contributed by atoms with van der Waals surface area (Å²) in [5.74, 6) is 0.397. The SMILES string of the molecule is Nc1ccc(-c2cccs2)cc1NC(=O)c1cnc(N2CCC(N3CCOCC3)CC2)nc1. The van der Waals surface area contributed by atoms with Crippen molar-refractivity contribution >= 4 is 34.6 Å². The number of piperidine rings is 1. The van der Waals surface area contributed by atoms with Crippen molar-refractivity contribution in [1.82, 2.24) is 14.9 Å². The van der Waals surface area contributed by atoms with Gasteiger partial charge in [0.1, 0.15) is 0 Å². The summed E-state index contributed by atoms with van der Waals surface area (Å²) in [4.78, 5) is 27.6. The van der Waals surface area contributed by atoms with Gasteiger partial charge in [-0.05, 0) is 42.0 Å². The van der Waals surface area contributed by atoms with Gasteiger partial charge in [0.25, 0.3) is 5.91 Å². The van der Waals surface area contributed by atoms with Gasteiger partial charge in [-0.1, -0.05) is 12.1 Å². The molecule has 5 rings (SSSR count). The van der Waals surface area contributed by atoms with Crippen molar-refractivity contribution < 1.29 is 9.53 Å². The number of amides is 1. The van der Waals surface area contributed by atoms with E-state index in [9.17, 15) is 4.79 Å². The van der Waals surface area contributed by atoms with Crippen LogP contribution in [-0.2, 0) is 4.74 Å². The van der Waals surface area contributed by atoms with Crippen LogP contribution in [0.15, 0.2) is 48.1 Å². The third kappa shape index (κ3) is 5.00. The Morgan fingerprint density at radius 1 is 1.09 bits per heavy atom. The van der Waals surface area contributed by atoms with Crippen LogP contribution in [0.3, 0.4) is 0 Å². The molecule has 1 aromatic carbocycles. The van der Waals surface area contributed by atoms with Crippen molar-refractivity contribution in [2.75, 3.05) is 55.3 Å². The lowest BCUT2D eigenvalue weighted by atomic mass is 10.0. The number of rotatable bonds is 5. The molecule has 4 heterocycles. The minimum Gasteiger partial charge on any atom is -0.397 e. The first-order valence-corrected chi connectivity index (χ1v) is 12.2. The number of benzene rings is 1. The molecule has 0 aliphatic carbocycles. The smallest absolute Gasteiger partial charge is 0.258 e. The van der Waals surface area contributed by atoms with Crippen LogP contribution in [0.1, 0.15) is 23.2 Å². The molecule has 2 aliphatic rings. The molecule has 0 atom stereocenters. The van der Waals surface area contributed by atoms with E-state index in [2.05, 4.69) is 25.1 Å². The van der Waals surface area contributed by atoms with Gasteiger partial charge in [0, 0.05) is 49.5 Å². The number of hydrogen-bond acceptors (Lipinski definition) is 8. The summed E-state index contributed by atoms with van der Waals surface area (Å²) in [6.07, 6.45) is 5.35. The minimum absolute atomic E-state index is 0.275. The molecule has 3 N–H and O–H groups in total. The quantitative estimate of drug-likeness (QED) is 0.559. The summed E-state index contributed by atoms with van der Waals surface area (Å²) in [7, 11) is 0. The number of anilines is 3. The number of morpholine rings is 1. The van der Waals surface area contributed by atoms with E-state index in [-0.39, 0.29) is 5.91 Å². The number of aromatic nitrogens is 2. The molecule has 0 radical (unpaired) electrons. The number of nitrogens with one attached hydrogen (secondary N) is 1. The molecule has 0 bridgehead atoms. The fraction of sp³-hybridized carbons (Fsp3) is 0.375. The van der Waals surface area contributed by atoms with E-state index in [0.717, 1.165) is 62.7 Å². The van der Waals surface area contributed by atoms with Crippen molar-refractivity contribution in [3.63, 3.8) is 0 Å². The van der Waals surface area contributed by atoms with Crippen LogP contribution in [0.5, 0.6) is 0 Å². The maximum Gasteiger partial charge on any atom is 0.258 e. The second-order valence-corrected chi connectivity index (χ2v) is 9.32. The molecule has 0 spiro atoms. The maximum atomic E-state index is 12.8. The predicted octanol–water partition coefficient (Wildman–Crippen LogP) is 3.34. The van der Waals surface area contributed by atoms with Crippen LogP contribution in [0, 0.1) is 0 Å². The summed E-state index contributed by atoms with van der Waals surface area (Å²) >= 11 is 1.64. The Morgan fingerprint density at radius 3 is 2.55 bits per heavy atom. The summed E-state index contributed by atoms with van der Waals surface area (Å²) in [6, 6.07) is 10.3. The summed E-state index contributed by atoms with van der Waals surface area (Å²) in [5, 5.41) is 4.92. The molecule has 172 valence electrons. The van der Waals surface area contributed by atoms with Crippen LogP contribution in [0.4, 0.5) is 17.3 Å². The van der Waals surface area contributed by atoms with E-state index < -0.39 is 0 Å². The number of nitrogens with zero attached hydrogens (tertiary/aromatic N) is 4. The van der Waals surface area contributed by atoms with Crippen molar-refractivity contribution in [2.24, 2.45) is 0 Å². The molecule has 0 saturated carbocycles. The summed E-state index contributed by atoms with van der Waals surface area (Å²) < 4.78 is 5.47. The van der Waals surface area contributed by atoms with Gasteiger partial charge in [0.15, 0.2) is 0 Å². The highest BCUT2D eigenvalue weighted by Crippen LogP contribution is 2.30. The van der Waals surface area contributed by atoms with Gasteiger partial charge in [0.2, 0.25) is 5.95 Å². The van der Waals surface area contributed by atoms with Crippen LogP contribution < -0.4 is 16.0 Å². The highest BCUT2D eigenvalue weighted by atomic mass is 32.1. The number of carbonyl (C=O) groups excluding carboxylic acids is 1. The molecular formula is C24H28N6O2S. The molecule has 33 heavy (non-hydrogen) atoms. The van der Waals surface area contributed by atoms with Crippen molar-refractivity contribution in [1.29, 1.82) is 0 Å². The molecule has 3 aromatic rings. The first kappa shape index (κ1) is 21.8. The highest BCUT2D eigenvalue weighted by Gasteiger charge is 2.26. The number of hydrogen-bond donors (Lipinski definition) is 2.